The van der Waals surface area contributed by atoms with Crippen LogP contribution in [0.4, 0.5) is 30.2 Å². The highest BCUT2D eigenvalue weighted by molar-refractivity contribution is 7.90. The second-order valence-corrected chi connectivity index (χ2v) is 19.8. The number of aliphatic hydroxyl groups is 1. The SMILES string of the molecule is CC1(O)CCC(CNc2ccc(S(=O)(=O)NC(=O)c3cc(F)c(N4CCC5(CC4)CC(N4CCC[C@H]4c4c(F)cccc4F)C5)cc3Oc3cnc4[nH]ccc4c3)cc2N)CC1. The minimum atomic E-state index is -4.47. The van der Waals surface area contributed by atoms with Gasteiger partial charge < -0.3 is 30.8 Å². The highest BCUT2D eigenvalue weighted by atomic mass is 32.2. The number of likely N-dealkylation sites (tertiary alicyclic amines) is 1. The smallest absolute Gasteiger partial charge is 0.268 e. The number of anilines is 3. The number of nitrogens with two attached hydrogens (primary N) is 1. The van der Waals surface area contributed by atoms with Crippen molar-refractivity contribution in [2.45, 2.75) is 93.7 Å². The first kappa shape index (κ1) is 42.0. The molecular formula is C46H52F3N7O5S. The molecule has 0 radical (unpaired) electrons. The van der Waals surface area contributed by atoms with Gasteiger partial charge in [0.2, 0.25) is 0 Å². The molecule has 1 spiro atoms. The van der Waals surface area contributed by atoms with Crippen LogP contribution in [0.25, 0.3) is 11.0 Å². The number of ether oxygens (including phenoxy) is 1. The van der Waals surface area contributed by atoms with Crippen LogP contribution in [-0.4, -0.2) is 72.1 Å². The lowest BCUT2D eigenvalue weighted by Crippen LogP contribution is -2.55. The number of nitrogens with one attached hydrogen (secondary N) is 3. The maximum Gasteiger partial charge on any atom is 0.268 e. The Morgan fingerprint density at radius 1 is 0.968 bits per heavy atom. The molecular weight excluding hydrogens is 820 g/mol. The van der Waals surface area contributed by atoms with E-state index in [2.05, 4.69) is 24.9 Å². The average molecular weight is 872 g/mol. The number of aromatic amines is 1. The third kappa shape index (κ3) is 8.43. The van der Waals surface area contributed by atoms with Crippen molar-refractivity contribution in [1.29, 1.82) is 0 Å². The van der Waals surface area contributed by atoms with Gasteiger partial charge in [0.05, 0.1) is 39.3 Å². The number of piperidine rings is 1. The molecule has 12 nitrogen and oxygen atoms in total. The van der Waals surface area contributed by atoms with E-state index >= 15 is 4.39 Å². The van der Waals surface area contributed by atoms with E-state index < -0.39 is 39.0 Å². The number of hydrogen-bond acceptors (Lipinski definition) is 10. The summed E-state index contributed by atoms with van der Waals surface area (Å²) >= 11 is 0. The molecule has 0 unspecified atom stereocenters. The number of benzene rings is 3. The van der Waals surface area contributed by atoms with Gasteiger partial charge in [0.15, 0.2) is 0 Å². The van der Waals surface area contributed by atoms with Gasteiger partial charge in [-0.3, -0.25) is 9.69 Å². The van der Waals surface area contributed by atoms with E-state index in [1.807, 2.05) is 11.8 Å². The van der Waals surface area contributed by atoms with Crippen LogP contribution in [0.1, 0.15) is 93.1 Å². The highest BCUT2D eigenvalue weighted by Crippen LogP contribution is 2.54. The van der Waals surface area contributed by atoms with Crippen molar-refractivity contribution in [2.24, 2.45) is 11.3 Å². The number of amides is 1. The number of hydrogen-bond donors (Lipinski definition) is 5. The van der Waals surface area contributed by atoms with Crippen LogP contribution in [0.15, 0.2) is 78.0 Å². The quantitative estimate of drug-likeness (QED) is 0.0814. The van der Waals surface area contributed by atoms with Crippen LogP contribution < -0.4 is 25.4 Å². The maximum atomic E-state index is 16.3. The Kier molecular flexibility index (Phi) is 11.1. The minimum Gasteiger partial charge on any atom is -0.455 e. The number of nitrogen functional groups attached to an aromatic ring is 1. The Hall–Kier alpha value is -5.32. The first-order valence-corrected chi connectivity index (χ1v) is 23.0. The van der Waals surface area contributed by atoms with E-state index in [1.54, 1.807) is 24.4 Å². The molecule has 6 N–H and O–H groups in total. The number of aromatic nitrogens is 2. The first-order chi connectivity index (χ1) is 29.7. The summed E-state index contributed by atoms with van der Waals surface area (Å²) in [6, 6.07) is 14.1. The number of carbonyl (C=O) groups excluding carboxylic acids is 1. The van der Waals surface area contributed by atoms with Crippen molar-refractivity contribution in [2.75, 3.05) is 42.1 Å². The average Bonchev–Trinajstić information content (AvgIpc) is 3.90. The largest absolute Gasteiger partial charge is 0.455 e. The van der Waals surface area contributed by atoms with Crippen LogP contribution in [0.3, 0.4) is 0 Å². The predicted octanol–water partition coefficient (Wildman–Crippen LogP) is 8.41. The molecule has 4 heterocycles. The zero-order valence-corrected chi connectivity index (χ0v) is 35.4. The van der Waals surface area contributed by atoms with Crippen molar-refractivity contribution >= 4 is 44.0 Å². The van der Waals surface area contributed by atoms with E-state index in [-0.39, 0.29) is 56.4 Å². The Labute approximate surface area is 359 Å². The lowest BCUT2D eigenvalue weighted by molar-refractivity contribution is -0.0236. The molecule has 9 rings (SSSR count). The monoisotopic (exact) mass is 871 g/mol. The molecule has 2 aliphatic carbocycles. The Balaban J connectivity index is 0.900. The van der Waals surface area contributed by atoms with Gasteiger partial charge >= 0.3 is 0 Å². The first-order valence-electron chi connectivity index (χ1n) is 21.5. The van der Waals surface area contributed by atoms with E-state index in [1.165, 1.54) is 42.6 Å². The van der Waals surface area contributed by atoms with Crippen LogP contribution >= 0.6 is 0 Å². The number of fused-ring (bicyclic) bond motifs is 1. The Morgan fingerprint density at radius 2 is 1.71 bits per heavy atom. The number of pyridine rings is 1. The molecule has 3 aromatic carbocycles. The molecule has 2 aliphatic heterocycles. The zero-order valence-electron chi connectivity index (χ0n) is 34.6. The number of sulfonamides is 1. The van der Waals surface area contributed by atoms with Crippen molar-refractivity contribution in [1.82, 2.24) is 19.6 Å². The van der Waals surface area contributed by atoms with Gasteiger partial charge in [-0.05, 0) is 138 Å². The molecule has 328 valence electrons. The fourth-order valence-corrected chi connectivity index (χ4v) is 11.2. The lowest BCUT2D eigenvalue weighted by atomic mass is 9.59. The summed E-state index contributed by atoms with van der Waals surface area (Å²) in [6.45, 7) is 4.30. The molecule has 1 atom stereocenters. The van der Waals surface area contributed by atoms with Crippen LogP contribution in [0.2, 0.25) is 0 Å². The molecule has 5 aromatic rings. The molecule has 16 heteroatoms. The van der Waals surface area contributed by atoms with Gasteiger partial charge in [-0.15, -0.1) is 0 Å². The van der Waals surface area contributed by atoms with E-state index in [9.17, 15) is 27.1 Å². The van der Waals surface area contributed by atoms with Gasteiger partial charge in [0.25, 0.3) is 15.9 Å². The molecule has 1 amide bonds. The molecule has 4 aliphatic rings. The summed E-state index contributed by atoms with van der Waals surface area (Å²) in [5, 5.41) is 14.3. The minimum absolute atomic E-state index is 0.0277. The lowest BCUT2D eigenvalue weighted by Gasteiger charge is -2.56. The number of nitrogens with zero attached hydrogens (tertiary/aromatic N) is 3. The second-order valence-electron chi connectivity index (χ2n) is 18.1. The zero-order chi connectivity index (χ0) is 43.4. The number of H-pyrrole nitrogens is 1. The molecule has 2 saturated carbocycles. The van der Waals surface area contributed by atoms with Crippen molar-refractivity contribution in [3.63, 3.8) is 0 Å². The van der Waals surface area contributed by atoms with Crippen LogP contribution in [-0.2, 0) is 10.0 Å². The standard InChI is InChI=1S/C46H52F3N7O5S/c1-45(58)12-9-28(10-13-45)26-52-38-8-7-32(21-37(38)50)62(59,60)54-44(57)33-22-36(49)40(23-41(33)61-31-20-29-11-16-51-43(29)53-27-31)55-18-14-46(15-19-55)24-30(25-46)56-17-3-6-39(56)42-34(47)4-2-5-35(42)48/h2,4-5,7-8,11,16,20-23,27-28,30,39,52,58H,3,6,9-10,12-15,17-19,24-26,50H2,1H3,(H,51,53)(H,54,57)/t28?,39-,45?/m0/s1. The summed E-state index contributed by atoms with van der Waals surface area (Å²) in [5.74, 6) is -2.29. The molecule has 2 aromatic heterocycles. The number of carbonyl (C=O) groups is 1. The van der Waals surface area contributed by atoms with E-state index in [4.69, 9.17) is 10.5 Å². The summed E-state index contributed by atoms with van der Waals surface area (Å²) in [6.07, 6.45) is 11.2. The summed E-state index contributed by atoms with van der Waals surface area (Å²) in [4.78, 5) is 25.2. The van der Waals surface area contributed by atoms with Gasteiger partial charge in [-0.2, -0.15) is 0 Å². The fourth-order valence-electron chi connectivity index (χ4n) is 10.2. The molecule has 4 fully saturated rings. The Morgan fingerprint density at radius 3 is 2.44 bits per heavy atom. The summed E-state index contributed by atoms with van der Waals surface area (Å²) in [7, 11) is -4.47. The Bertz CT molecular complexity index is 2580. The van der Waals surface area contributed by atoms with Gasteiger partial charge in [0, 0.05) is 54.9 Å². The molecule has 0 bridgehead atoms. The number of halogens is 3. The third-order valence-corrected chi connectivity index (χ3v) is 15.1. The van der Waals surface area contributed by atoms with Gasteiger partial charge in [-0.1, -0.05) is 6.07 Å². The van der Waals surface area contributed by atoms with Crippen LogP contribution in [0, 0.1) is 28.8 Å². The topological polar surface area (TPSA) is 166 Å². The van der Waals surface area contributed by atoms with Crippen molar-refractivity contribution < 1.29 is 36.2 Å². The van der Waals surface area contributed by atoms with Crippen molar-refractivity contribution in [3.05, 3.63) is 102 Å². The molecule has 62 heavy (non-hydrogen) atoms. The maximum absolute atomic E-state index is 16.3. The fraction of sp³-hybridized carbons (Fsp3) is 0.435. The third-order valence-electron chi connectivity index (χ3n) is 13.8. The summed E-state index contributed by atoms with van der Waals surface area (Å²) < 4.78 is 81.4. The predicted molar refractivity (Wildman–Crippen MR) is 231 cm³/mol. The van der Waals surface area contributed by atoms with Gasteiger partial charge in [-0.25, -0.2) is 31.3 Å². The number of rotatable bonds is 11. The van der Waals surface area contributed by atoms with Gasteiger partial charge in [0.1, 0.15) is 34.6 Å². The van der Waals surface area contributed by atoms with E-state index in [0.717, 1.165) is 62.9 Å². The summed E-state index contributed by atoms with van der Waals surface area (Å²) in [5.41, 5.74) is 7.03. The second kappa shape index (κ2) is 16.4. The van der Waals surface area contributed by atoms with Crippen LogP contribution in [0.5, 0.6) is 11.5 Å². The highest BCUT2D eigenvalue weighted by Gasteiger charge is 2.50. The van der Waals surface area contributed by atoms with Crippen molar-refractivity contribution in [3.8, 4) is 11.5 Å². The van der Waals surface area contributed by atoms with E-state index in [0.29, 0.717) is 56.1 Å². The normalized spacial score (nSPS) is 23.1. The molecule has 2 saturated heterocycles.